The molecule has 39 heavy (non-hydrogen) atoms. The highest BCUT2D eigenvalue weighted by atomic mass is 16.6. The molecule has 3 rings (SSSR count). The zero-order valence-electron chi connectivity index (χ0n) is 23.3. The number of ether oxygens (including phenoxy) is 2. The molecule has 0 spiro atoms. The highest BCUT2D eigenvalue weighted by Crippen LogP contribution is 2.26. The molecule has 2 aliphatic heterocycles. The van der Waals surface area contributed by atoms with E-state index in [0.29, 0.717) is 25.8 Å². The van der Waals surface area contributed by atoms with Crippen LogP contribution in [0.3, 0.4) is 0 Å². The molecule has 0 aliphatic carbocycles. The van der Waals surface area contributed by atoms with Crippen molar-refractivity contribution < 1.29 is 33.8 Å². The first kappa shape index (κ1) is 30.3. The van der Waals surface area contributed by atoms with Gasteiger partial charge in [0.05, 0.1) is 36.9 Å². The Bertz CT molecular complexity index is 1020. The summed E-state index contributed by atoms with van der Waals surface area (Å²) in [6.07, 6.45) is 6.02. The largest absolute Gasteiger partial charge is 0.463 e. The van der Waals surface area contributed by atoms with Crippen LogP contribution in [0.15, 0.2) is 42.5 Å². The lowest BCUT2D eigenvalue weighted by Crippen LogP contribution is -2.45. The van der Waals surface area contributed by atoms with E-state index in [2.05, 4.69) is 5.32 Å². The molecule has 0 unspecified atom stereocenters. The third-order valence-corrected chi connectivity index (χ3v) is 6.94. The summed E-state index contributed by atoms with van der Waals surface area (Å²) >= 11 is 0. The molecule has 2 heterocycles. The van der Waals surface area contributed by atoms with Crippen molar-refractivity contribution in [3.63, 3.8) is 0 Å². The first-order valence-electron chi connectivity index (χ1n) is 13.8. The van der Waals surface area contributed by atoms with E-state index in [4.69, 9.17) is 9.47 Å². The van der Waals surface area contributed by atoms with E-state index in [0.717, 1.165) is 12.0 Å². The van der Waals surface area contributed by atoms with Crippen LogP contribution in [0.1, 0.15) is 64.9 Å². The van der Waals surface area contributed by atoms with Gasteiger partial charge in [0.2, 0.25) is 11.8 Å². The molecule has 214 valence electrons. The Hall–Kier alpha value is -3.20. The summed E-state index contributed by atoms with van der Waals surface area (Å²) in [5.41, 5.74) is 0.342. The fraction of sp³-hybridized carbons (Fsp3) is 0.600. The third-order valence-electron chi connectivity index (χ3n) is 6.94. The minimum atomic E-state index is -0.689. The van der Waals surface area contributed by atoms with E-state index in [-0.39, 0.29) is 50.3 Å². The summed E-state index contributed by atoms with van der Waals surface area (Å²) in [7, 11) is 0. The SMILES string of the molecule is CC(C)(C)OC(=O)C[C@@H]1C/C=C/C[C@@H](CC(=O)N[C@H](CO)Cc2ccccc2)C(=O)N2CCC[C@@H]2COC1=O. The topological polar surface area (TPSA) is 122 Å². The molecule has 1 aromatic rings. The lowest BCUT2D eigenvalue weighted by molar-refractivity contribution is -0.162. The van der Waals surface area contributed by atoms with E-state index in [1.807, 2.05) is 30.3 Å². The van der Waals surface area contributed by atoms with Gasteiger partial charge < -0.3 is 24.8 Å². The zero-order chi connectivity index (χ0) is 28.4. The number of hydrogen-bond acceptors (Lipinski definition) is 7. The number of esters is 2. The molecule has 1 aromatic carbocycles. The van der Waals surface area contributed by atoms with Crippen LogP contribution >= 0.6 is 0 Å². The summed E-state index contributed by atoms with van der Waals surface area (Å²) < 4.78 is 11.0. The number of cyclic esters (lactones) is 1. The molecule has 9 heteroatoms. The Morgan fingerprint density at radius 1 is 1.10 bits per heavy atom. The maximum atomic E-state index is 13.5. The molecule has 0 saturated carbocycles. The molecule has 1 saturated heterocycles. The van der Waals surface area contributed by atoms with E-state index < -0.39 is 35.4 Å². The highest BCUT2D eigenvalue weighted by Gasteiger charge is 2.36. The van der Waals surface area contributed by atoms with E-state index in [9.17, 15) is 24.3 Å². The van der Waals surface area contributed by atoms with Crippen molar-refractivity contribution in [3.05, 3.63) is 48.0 Å². The smallest absolute Gasteiger partial charge is 0.309 e. The predicted molar refractivity (Wildman–Crippen MR) is 145 cm³/mol. The van der Waals surface area contributed by atoms with Gasteiger partial charge in [-0.1, -0.05) is 42.5 Å². The normalized spacial score (nSPS) is 24.0. The van der Waals surface area contributed by atoms with Gasteiger partial charge in [0, 0.05) is 13.0 Å². The van der Waals surface area contributed by atoms with Crippen molar-refractivity contribution in [2.45, 2.75) is 83.4 Å². The van der Waals surface area contributed by atoms with Crippen molar-refractivity contribution in [2.24, 2.45) is 11.8 Å². The van der Waals surface area contributed by atoms with Gasteiger partial charge in [0.1, 0.15) is 12.2 Å². The van der Waals surface area contributed by atoms with E-state index in [1.165, 1.54) is 0 Å². The lowest BCUT2D eigenvalue weighted by atomic mass is 9.95. The number of fused-ring (bicyclic) bond motifs is 1. The lowest BCUT2D eigenvalue weighted by Gasteiger charge is -2.29. The Labute approximate surface area is 230 Å². The molecule has 4 atom stereocenters. The van der Waals surface area contributed by atoms with Crippen LogP contribution in [0.25, 0.3) is 0 Å². The van der Waals surface area contributed by atoms with Crippen LogP contribution in [0.5, 0.6) is 0 Å². The van der Waals surface area contributed by atoms with Crippen LogP contribution in [-0.2, 0) is 35.1 Å². The molecule has 2 amide bonds. The number of hydrogen-bond donors (Lipinski definition) is 2. The number of allylic oxidation sites excluding steroid dienone is 2. The quantitative estimate of drug-likeness (QED) is 0.383. The van der Waals surface area contributed by atoms with Gasteiger partial charge in [-0.3, -0.25) is 19.2 Å². The molecule has 0 bridgehead atoms. The number of benzene rings is 1. The second-order valence-electron chi connectivity index (χ2n) is 11.4. The minimum absolute atomic E-state index is 0.0151. The summed E-state index contributed by atoms with van der Waals surface area (Å²) in [6.45, 7) is 5.71. The number of aliphatic hydroxyl groups excluding tert-OH is 1. The molecule has 2 N–H and O–H groups in total. The van der Waals surface area contributed by atoms with Crippen molar-refractivity contribution in [3.8, 4) is 0 Å². The second kappa shape index (κ2) is 14.3. The van der Waals surface area contributed by atoms with Gasteiger partial charge in [-0.2, -0.15) is 0 Å². The van der Waals surface area contributed by atoms with E-state index in [1.54, 1.807) is 37.8 Å². The number of carbonyl (C=O) groups is 4. The monoisotopic (exact) mass is 542 g/mol. The Morgan fingerprint density at radius 3 is 2.46 bits per heavy atom. The Kier molecular flexibility index (Phi) is 11.1. The van der Waals surface area contributed by atoms with Gasteiger partial charge in [-0.25, -0.2) is 0 Å². The number of nitrogens with one attached hydrogen (secondary N) is 1. The standard InChI is InChI=1S/C30H42N2O7/c1-30(2,3)39-27(35)18-23-13-8-7-12-22(28(36)32-15-9-14-25(32)20-38-29(23)37)17-26(34)31-24(19-33)16-21-10-5-4-6-11-21/h4-8,10-11,22-25,33H,9,12-20H2,1-3H3,(H,31,34)/b8-7+/t22-,23-,24-,25+/m0/s1. The molecular formula is C30H42N2O7. The first-order valence-corrected chi connectivity index (χ1v) is 13.8. The second-order valence-corrected chi connectivity index (χ2v) is 11.4. The minimum Gasteiger partial charge on any atom is -0.463 e. The number of carbonyl (C=O) groups excluding carboxylic acids is 4. The van der Waals surface area contributed by atoms with Crippen molar-refractivity contribution in [1.29, 1.82) is 0 Å². The van der Waals surface area contributed by atoms with Crippen LogP contribution in [0.4, 0.5) is 0 Å². The van der Waals surface area contributed by atoms with E-state index >= 15 is 0 Å². The van der Waals surface area contributed by atoms with Gasteiger partial charge in [0.25, 0.3) is 0 Å². The number of amides is 2. The Morgan fingerprint density at radius 2 is 1.79 bits per heavy atom. The average molecular weight is 543 g/mol. The zero-order valence-corrected chi connectivity index (χ0v) is 23.3. The fourth-order valence-electron chi connectivity index (χ4n) is 5.04. The molecule has 9 nitrogen and oxygen atoms in total. The predicted octanol–water partition coefficient (Wildman–Crippen LogP) is 2.94. The summed E-state index contributed by atoms with van der Waals surface area (Å²) in [4.78, 5) is 53.4. The maximum Gasteiger partial charge on any atom is 0.309 e. The van der Waals surface area contributed by atoms with Crippen molar-refractivity contribution in [1.82, 2.24) is 10.2 Å². The van der Waals surface area contributed by atoms with Crippen LogP contribution in [0, 0.1) is 11.8 Å². The fourth-order valence-corrected chi connectivity index (χ4v) is 5.04. The van der Waals surface area contributed by atoms with Crippen molar-refractivity contribution in [2.75, 3.05) is 19.8 Å². The van der Waals surface area contributed by atoms with Crippen LogP contribution in [-0.4, -0.2) is 71.2 Å². The summed E-state index contributed by atoms with van der Waals surface area (Å²) in [6, 6.07) is 8.88. The maximum absolute atomic E-state index is 13.5. The first-order chi connectivity index (χ1) is 18.6. The Balaban J connectivity index is 1.69. The van der Waals surface area contributed by atoms with Crippen LogP contribution in [0.2, 0.25) is 0 Å². The summed E-state index contributed by atoms with van der Waals surface area (Å²) in [5, 5.41) is 12.7. The third kappa shape index (κ3) is 9.80. The van der Waals surface area contributed by atoms with Crippen LogP contribution < -0.4 is 5.32 Å². The molecule has 0 radical (unpaired) electrons. The van der Waals surface area contributed by atoms with Gasteiger partial charge in [-0.15, -0.1) is 0 Å². The van der Waals surface area contributed by atoms with Gasteiger partial charge in [-0.05, 0) is 58.4 Å². The van der Waals surface area contributed by atoms with Gasteiger partial charge >= 0.3 is 11.9 Å². The highest BCUT2D eigenvalue weighted by molar-refractivity contribution is 5.86. The molecule has 0 aromatic heterocycles. The molecular weight excluding hydrogens is 500 g/mol. The number of aliphatic hydroxyl groups is 1. The number of nitrogens with zero attached hydrogens (tertiary/aromatic N) is 1. The number of rotatable bonds is 8. The summed E-state index contributed by atoms with van der Waals surface area (Å²) in [5.74, 6) is -2.65. The van der Waals surface area contributed by atoms with Gasteiger partial charge in [0.15, 0.2) is 0 Å². The van der Waals surface area contributed by atoms with Crippen molar-refractivity contribution >= 4 is 23.8 Å². The average Bonchev–Trinajstić information content (AvgIpc) is 3.35. The molecule has 2 aliphatic rings. The molecule has 1 fully saturated rings.